The smallest absolute Gasteiger partial charge is 0.0352 e. The molecule has 0 amide bonds. The average molecular weight is 651 g/mol. The molecule has 0 saturated carbocycles. The lowest BCUT2D eigenvalue weighted by molar-refractivity contribution is 0.656. The molecule has 0 fully saturated rings. The lowest BCUT2D eigenvalue weighted by Gasteiger charge is -2.26. The lowest BCUT2D eigenvalue weighted by atomic mass is 9.77. The molecule has 3 aliphatic rings. The molecule has 0 saturated heterocycles. The minimum Gasteiger partial charge on any atom is -0.0622 e. The largest absolute Gasteiger partial charge is 0.0622 e. The van der Waals surface area contributed by atoms with Crippen LogP contribution in [-0.2, 0) is 6.42 Å². The van der Waals surface area contributed by atoms with Crippen LogP contribution in [-0.4, -0.2) is 0 Å². The van der Waals surface area contributed by atoms with Crippen LogP contribution in [0.1, 0.15) is 90.4 Å². The van der Waals surface area contributed by atoms with E-state index in [-0.39, 0.29) is 11.8 Å². The van der Waals surface area contributed by atoms with Crippen molar-refractivity contribution in [3.63, 3.8) is 0 Å². The van der Waals surface area contributed by atoms with Crippen LogP contribution in [0.2, 0.25) is 0 Å². The van der Waals surface area contributed by atoms with Crippen LogP contribution in [0.25, 0.3) is 23.3 Å². The molecule has 242 valence electrons. The first-order chi connectivity index (χ1) is 25.3. The summed E-state index contributed by atoms with van der Waals surface area (Å²) in [6.07, 6.45) is 5.95. The summed E-state index contributed by atoms with van der Waals surface area (Å²) in [5, 5.41) is 0. The van der Waals surface area contributed by atoms with E-state index in [4.69, 9.17) is 0 Å². The van der Waals surface area contributed by atoms with Crippen molar-refractivity contribution in [2.24, 2.45) is 0 Å². The lowest BCUT2D eigenvalue weighted by Crippen LogP contribution is -2.10. The normalized spacial score (nSPS) is 19.9. The number of rotatable bonds is 6. The standard InChI is InChI=1S/C51H38/c1-4-16-34(17-5-1)49-43-25-13-10-22-37(43)31-46(49)40-28-41(47-32-38-23-11-14-26-44(38)50(47)35-18-6-2-7-19-35)30-42(29-40)48-33-39-24-12-15-27-45(39)51(48)36-20-8-3-9-21-36/h1-32,48-51H,33H2. The molecule has 0 bridgehead atoms. The van der Waals surface area contributed by atoms with Crippen molar-refractivity contribution in [3.05, 3.63) is 249 Å². The van der Waals surface area contributed by atoms with E-state index >= 15 is 0 Å². The van der Waals surface area contributed by atoms with Crippen LogP contribution in [0.15, 0.2) is 182 Å². The summed E-state index contributed by atoms with van der Waals surface area (Å²) >= 11 is 0. The molecule has 0 N–H and O–H groups in total. The summed E-state index contributed by atoms with van der Waals surface area (Å²) in [6.45, 7) is 0. The first kappa shape index (κ1) is 29.9. The maximum atomic E-state index is 2.55. The van der Waals surface area contributed by atoms with E-state index in [0.717, 1.165) is 6.42 Å². The Morgan fingerprint density at radius 2 is 0.784 bits per heavy atom. The van der Waals surface area contributed by atoms with E-state index < -0.39 is 0 Å². The third-order valence-corrected chi connectivity index (χ3v) is 11.6. The number of fused-ring (bicyclic) bond motifs is 3. The van der Waals surface area contributed by atoms with E-state index in [1.807, 2.05) is 0 Å². The highest BCUT2D eigenvalue weighted by atomic mass is 14.4. The second kappa shape index (κ2) is 12.4. The van der Waals surface area contributed by atoms with Crippen molar-refractivity contribution in [1.29, 1.82) is 0 Å². The minimum atomic E-state index is 0.177. The third kappa shape index (κ3) is 5.14. The fourth-order valence-corrected chi connectivity index (χ4v) is 9.33. The minimum absolute atomic E-state index is 0.177. The third-order valence-electron chi connectivity index (χ3n) is 11.6. The van der Waals surface area contributed by atoms with Crippen LogP contribution < -0.4 is 0 Å². The Morgan fingerprint density at radius 1 is 0.353 bits per heavy atom. The van der Waals surface area contributed by atoms with Crippen LogP contribution in [0.3, 0.4) is 0 Å². The van der Waals surface area contributed by atoms with Gasteiger partial charge in [0.05, 0.1) is 0 Å². The van der Waals surface area contributed by atoms with Gasteiger partial charge in [-0.05, 0) is 108 Å². The number of hydrogen-bond acceptors (Lipinski definition) is 0. The number of hydrogen-bond donors (Lipinski definition) is 0. The Hall–Kier alpha value is -5.98. The molecule has 7 aromatic carbocycles. The number of benzene rings is 7. The maximum Gasteiger partial charge on any atom is 0.0352 e. The van der Waals surface area contributed by atoms with Crippen molar-refractivity contribution in [1.82, 2.24) is 0 Å². The Kier molecular flexibility index (Phi) is 7.27. The molecule has 7 aromatic rings. The van der Waals surface area contributed by atoms with E-state index in [9.17, 15) is 0 Å². The first-order valence-corrected chi connectivity index (χ1v) is 18.3. The summed E-state index contributed by atoms with van der Waals surface area (Å²) in [5.74, 6) is 0.971. The molecule has 0 nitrogen and oxygen atoms in total. The Bertz CT molecular complexity index is 2330. The van der Waals surface area contributed by atoms with Gasteiger partial charge >= 0.3 is 0 Å². The van der Waals surface area contributed by atoms with Crippen molar-refractivity contribution < 1.29 is 0 Å². The molecular formula is C51H38. The van der Waals surface area contributed by atoms with Crippen molar-refractivity contribution in [2.75, 3.05) is 0 Å². The highest BCUT2D eigenvalue weighted by molar-refractivity contribution is 5.97. The molecule has 3 aliphatic carbocycles. The van der Waals surface area contributed by atoms with Gasteiger partial charge in [-0.15, -0.1) is 0 Å². The number of allylic oxidation sites excluding steroid dienone is 2. The van der Waals surface area contributed by atoms with Crippen molar-refractivity contribution >= 4 is 23.3 Å². The predicted octanol–water partition coefficient (Wildman–Crippen LogP) is 12.5. The first-order valence-electron chi connectivity index (χ1n) is 18.3. The molecule has 0 aromatic heterocycles. The summed E-state index contributed by atoms with van der Waals surface area (Å²) in [6, 6.07) is 68.0. The highest BCUT2D eigenvalue weighted by Gasteiger charge is 2.37. The quantitative estimate of drug-likeness (QED) is 0.168. The van der Waals surface area contributed by atoms with Gasteiger partial charge in [-0.1, -0.05) is 176 Å². The van der Waals surface area contributed by atoms with Crippen LogP contribution in [0.4, 0.5) is 0 Å². The second-order valence-corrected chi connectivity index (χ2v) is 14.4. The van der Waals surface area contributed by atoms with Crippen LogP contribution >= 0.6 is 0 Å². The van der Waals surface area contributed by atoms with E-state index in [2.05, 4.69) is 194 Å². The SMILES string of the molecule is C1=C(c2cc(C3=Cc4ccccc4C3c3ccccc3)cc(C3Cc4ccccc4C3c3ccccc3)c2)C(c2ccccc2)c2ccccc21. The van der Waals surface area contributed by atoms with Crippen LogP contribution in [0, 0.1) is 0 Å². The van der Waals surface area contributed by atoms with Crippen molar-refractivity contribution in [3.8, 4) is 0 Å². The average Bonchev–Trinajstić information content (AvgIpc) is 3.91. The van der Waals surface area contributed by atoms with Gasteiger partial charge in [0, 0.05) is 17.8 Å². The summed E-state index contributed by atoms with van der Waals surface area (Å²) in [5.41, 5.74) is 19.2. The van der Waals surface area contributed by atoms with Crippen molar-refractivity contribution in [2.45, 2.75) is 30.1 Å². The van der Waals surface area contributed by atoms with E-state index in [0.29, 0.717) is 11.8 Å². The van der Waals surface area contributed by atoms with Gasteiger partial charge in [0.1, 0.15) is 0 Å². The molecular weight excluding hydrogens is 613 g/mol. The molecule has 0 aliphatic heterocycles. The molecule has 4 unspecified atom stereocenters. The Morgan fingerprint density at radius 3 is 1.31 bits per heavy atom. The fraction of sp³-hybridized carbons (Fsp3) is 0.0980. The van der Waals surface area contributed by atoms with Gasteiger partial charge in [-0.2, -0.15) is 0 Å². The summed E-state index contributed by atoms with van der Waals surface area (Å²) in [7, 11) is 0. The van der Waals surface area contributed by atoms with Gasteiger partial charge in [0.15, 0.2) is 0 Å². The molecule has 0 spiro atoms. The van der Waals surface area contributed by atoms with E-state index in [1.165, 1.54) is 77.9 Å². The monoisotopic (exact) mass is 650 g/mol. The Labute approximate surface area is 301 Å². The predicted molar refractivity (Wildman–Crippen MR) is 213 cm³/mol. The molecule has 10 rings (SSSR count). The summed E-state index contributed by atoms with van der Waals surface area (Å²) in [4.78, 5) is 0. The second-order valence-electron chi connectivity index (χ2n) is 14.4. The maximum absolute atomic E-state index is 2.55. The zero-order valence-electron chi connectivity index (χ0n) is 28.5. The molecule has 0 radical (unpaired) electrons. The van der Waals surface area contributed by atoms with E-state index in [1.54, 1.807) is 0 Å². The molecule has 51 heavy (non-hydrogen) atoms. The molecule has 4 atom stereocenters. The zero-order valence-corrected chi connectivity index (χ0v) is 28.5. The topological polar surface area (TPSA) is 0 Å². The molecule has 0 heterocycles. The van der Waals surface area contributed by atoms with Gasteiger partial charge in [0.25, 0.3) is 0 Å². The van der Waals surface area contributed by atoms with Crippen LogP contribution in [0.5, 0.6) is 0 Å². The fourth-order valence-electron chi connectivity index (χ4n) is 9.33. The molecule has 0 heteroatoms. The zero-order chi connectivity index (χ0) is 33.7. The van der Waals surface area contributed by atoms with Gasteiger partial charge in [-0.25, -0.2) is 0 Å². The van der Waals surface area contributed by atoms with Gasteiger partial charge < -0.3 is 0 Å². The summed E-state index contributed by atoms with van der Waals surface area (Å²) < 4.78 is 0. The van der Waals surface area contributed by atoms with Gasteiger partial charge in [-0.3, -0.25) is 0 Å². The highest BCUT2D eigenvalue weighted by Crippen LogP contribution is 2.53. The Balaban J connectivity index is 1.20. The van der Waals surface area contributed by atoms with Gasteiger partial charge in [0.2, 0.25) is 0 Å².